The van der Waals surface area contributed by atoms with Crippen LogP contribution < -0.4 is 15.4 Å². The number of anilines is 1. The Bertz CT molecular complexity index is 1060. The molecule has 2 atom stereocenters. The van der Waals surface area contributed by atoms with Crippen molar-refractivity contribution in [1.29, 1.82) is 0 Å². The van der Waals surface area contributed by atoms with Crippen molar-refractivity contribution >= 4 is 28.5 Å². The number of benzene rings is 2. The number of nitrogens with zero attached hydrogens (tertiary/aromatic N) is 1. The first-order valence-corrected chi connectivity index (χ1v) is 9.98. The van der Waals surface area contributed by atoms with Gasteiger partial charge < -0.3 is 20.4 Å². The summed E-state index contributed by atoms with van der Waals surface area (Å²) < 4.78 is 5.35. The van der Waals surface area contributed by atoms with Gasteiger partial charge in [0.05, 0.1) is 16.7 Å². The molecule has 0 bridgehead atoms. The van der Waals surface area contributed by atoms with Crippen LogP contribution in [0.4, 0.5) is 5.69 Å². The number of nitrogens with one attached hydrogen (secondary N) is 3. The van der Waals surface area contributed by atoms with Crippen molar-refractivity contribution in [3.63, 3.8) is 0 Å². The van der Waals surface area contributed by atoms with Crippen LogP contribution in [0.1, 0.15) is 47.8 Å². The van der Waals surface area contributed by atoms with E-state index in [1.807, 2.05) is 24.3 Å². The Balaban J connectivity index is 1.28. The summed E-state index contributed by atoms with van der Waals surface area (Å²) in [5, 5.41) is 5.90. The molecular formula is C22H22N4O3. The first kappa shape index (κ1) is 17.7. The van der Waals surface area contributed by atoms with Gasteiger partial charge in [-0.25, -0.2) is 4.98 Å². The number of fused-ring (bicyclic) bond motifs is 2. The predicted molar refractivity (Wildman–Crippen MR) is 109 cm³/mol. The zero-order chi connectivity index (χ0) is 19.8. The molecule has 2 aliphatic rings. The number of carbonyl (C=O) groups excluding carboxylic acids is 2. The molecule has 7 heteroatoms. The first-order valence-electron chi connectivity index (χ1n) is 9.98. The molecule has 148 valence electrons. The molecule has 0 saturated heterocycles. The largest absolute Gasteiger partial charge is 0.482 e. The molecule has 7 nitrogen and oxygen atoms in total. The summed E-state index contributed by atoms with van der Waals surface area (Å²) in [6.07, 6.45) is 3.92. The lowest BCUT2D eigenvalue weighted by Crippen LogP contribution is -2.38. The lowest BCUT2D eigenvalue weighted by atomic mass is 9.85. The van der Waals surface area contributed by atoms with Gasteiger partial charge in [0.2, 0.25) is 0 Å². The van der Waals surface area contributed by atoms with Crippen LogP contribution in [0.15, 0.2) is 42.5 Å². The summed E-state index contributed by atoms with van der Waals surface area (Å²) in [5.41, 5.74) is 3.08. The number of hydrogen-bond donors (Lipinski definition) is 3. The molecule has 2 heterocycles. The van der Waals surface area contributed by atoms with Gasteiger partial charge in [-0.2, -0.15) is 0 Å². The number of amides is 2. The highest BCUT2D eigenvalue weighted by Gasteiger charge is 2.27. The molecule has 29 heavy (non-hydrogen) atoms. The quantitative estimate of drug-likeness (QED) is 0.639. The molecule has 3 N–H and O–H groups in total. The Morgan fingerprint density at radius 3 is 2.97 bits per heavy atom. The minimum absolute atomic E-state index is 0.00377. The maximum absolute atomic E-state index is 12.8. The standard InChI is InChI=1S/C22H22N4O3/c27-20-12-29-19-9-8-14(11-18(19)24-20)22(28)23-15-5-3-4-13(10-15)21-25-16-6-1-2-7-17(16)26-21/h1-2,6-9,11,13,15H,3-5,10,12H2,(H,23,28)(H,24,27)(H,25,26)/t13?,15-/m0/s1. The number of para-hydroxylation sites is 2. The number of H-pyrrole nitrogens is 1. The summed E-state index contributed by atoms with van der Waals surface area (Å²) in [4.78, 5) is 32.5. The lowest BCUT2D eigenvalue weighted by Gasteiger charge is -2.29. The van der Waals surface area contributed by atoms with Crippen LogP contribution in [-0.4, -0.2) is 34.4 Å². The van der Waals surface area contributed by atoms with Crippen molar-refractivity contribution in [2.45, 2.75) is 37.6 Å². The van der Waals surface area contributed by atoms with Crippen LogP contribution in [-0.2, 0) is 4.79 Å². The Hall–Kier alpha value is -3.35. The van der Waals surface area contributed by atoms with Gasteiger partial charge in [0.15, 0.2) is 6.61 Å². The highest BCUT2D eigenvalue weighted by Crippen LogP contribution is 2.33. The summed E-state index contributed by atoms with van der Waals surface area (Å²) in [7, 11) is 0. The maximum Gasteiger partial charge on any atom is 0.262 e. The number of aromatic amines is 1. The Morgan fingerprint density at radius 1 is 1.17 bits per heavy atom. The highest BCUT2D eigenvalue weighted by atomic mass is 16.5. The van der Waals surface area contributed by atoms with E-state index in [0.29, 0.717) is 22.9 Å². The van der Waals surface area contributed by atoms with Crippen LogP contribution in [0.3, 0.4) is 0 Å². The number of imidazole rings is 1. The van der Waals surface area contributed by atoms with Crippen LogP contribution >= 0.6 is 0 Å². The summed E-state index contributed by atoms with van der Waals surface area (Å²) in [5.74, 6) is 1.54. The van der Waals surface area contributed by atoms with E-state index in [2.05, 4.69) is 15.6 Å². The van der Waals surface area contributed by atoms with Gasteiger partial charge in [-0.1, -0.05) is 18.6 Å². The molecule has 2 aromatic carbocycles. The van der Waals surface area contributed by atoms with Crippen molar-refractivity contribution in [1.82, 2.24) is 15.3 Å². The smallest absolute Gasteiger partial charge is 0.262 e. The molecule has 0 radical (unpaired) electrons. The van der Waals surface area contributed by atoms with Crippen molar-refractivity contribution in [3.05, 3.63) is 53.9 Å². The molecule has 1 aliphatic heterocycles. The molecule has 0 spiro atoms. The monoisotopic (exact) mass is 390 g/mol. The zero-order valence-corrected chi connectivity index (χ0v) is 15.9. The van der Waals surface area contributed by atoms with Crippen molar-refractivity contribution < 1.29 is 14.3 Å². The molecule has 1 aliphatic carbocycles. The minimum Gasteiger partial charge on any atom is -0.482 e. The predicted octanol–water partition coefficient (Wildman–Crippen LogP) is 3.35. The highest BCUT2D eigenvalue weighted by molar-refractivity contribution is 5.99. The third-order valence-corrected chi connectivity index (χ3v) is 5.68. The number of ether oxygens (including phenoxy) is 1. The van der Waals surface area contributed by atoms with E-state index in [4.69, 9.17) is 9.72 Å². The Morgan fingerprint density at radius 2 is 2.07 bits per heavy atom. The van der Waals surface area contributed by atoms with Gasteiger partial charge in [0, 0.05) is 17.5 Å². The Labute approximate surface area is 167 Å². The first-order chi connectivity index (χ1) is 14.2. The Kier molecular flexibility index (Phi) is 4.42. The van der Waals surface area contributed by atoms with E-state index in [-0.39, 0.29) is 24.5 Å². The van der Waals surface area contributed by atoms with Gasteiger partial charge in [-0.3, -0.25) is 9.59 Å². The maximum atomic E-state index is 12.8. The topological polar surface area (TPSA) is 96.1 Å². The molecule has 1 fully saturated rings. The second kappa shape index (κ2) is 7.24. The van der Waals surface area contributed by atoms with E-state index in [9.17, 15) is 9.59 Å². The second-order valence-electron chi connectivity index (χ2n) is 7.72. The fourth-order valence-electron chi connectivity index (χ4n) is 4.23. The molecule has 1 saturated carbocycles. The van der Waals surface area contributed by atoms with Crippen molar-refractivity contribution in [3.8, 4) is 5.75 Å². The third kappa shape index (κ3) is 3.55. The van der Waals surface area contributed by atoms with E-state index in [1.54, 1.807) is 18.2 Å². The molecule has 3 aromatic rings. The van der Waals surface area contributed by atoms with Crippen LogP contribution in [0.25, 0.3) is 11.0 Å². The average molecular weight is 390 g/mol. The van der Waals surface area contributed by atoms with E-state index in [0.717, 1.165) is 42.5 Å². The van der Waals surface area contributed by atoms with E-state index >= 15 is 0 Å². The SMILES string of the molecule is O=C1COc2ccc(C(=O)N[C@H]3CCCC(c4nc5ccccc5[nH]4)C3)cc2N1. The normalized spacial score (nSPS) is 21.2. The van der Waals surface area contributed by atoms with E-state index < -0.39 is 0 Å². The summed E-state index contributed by atoms with van der Waals surface area (Å²) in [6.45, 7) is 0.00377. The molecule has 1 unspecified atom stereocenters. The second-order valence-corrected chi connectivity index (χ2v) is 7.72. The fourth-order valence-corrected chi connectivity index (χ4v) is 4.23. The summed E-state index contributed by atoms with van der Waals surface area (Å²) in [6, 6.07) is 13.2. The summed E-state index contributed by atoms with van der Waals surface area (Å²) >= 11 is 0. The van der Waals surface area contributed by atoms with Crippen molar-refractivity contribution in [2.24, 2.45) is 0 Å². The molecular weight excluding hydrogens is 368 g/mol. The van der Waals surface area contributed by atoms with Gasteiger partial charge in [0.25, 0.3) is 11.8 Å². The fraction of sp³-hybridized carbons (Fsp3) is 0.318. The zero-order valence-electron chi connectivity index (χ0n) is 15.9. The number of hydrogen-bond acceptors (Lipinski definition) is 4. The van der Waals surface area contributed by atoms with Crippen LogP contribution in [0.5, 0.6) is 5.75 Å². The van der Waals surface area contributed by atoms with Crippen LogP contribution in [0.2, 0.25) is 0 Å². The molecule has 2 amide bonds. The van der Waals surface area contributed by atoms with Crippen LogP contribution in [0, 0.1) is 0 Å². The van der Waals surface area contributed by atoms with E-state index in [1.165, 1.54) is 0 Å². The van der Waals surface area contributed by atoms with Gasteiger partial charge >= 0.3 is 0 Å². The van der Waals surface area contributed by atoms with Gasteiger partial charge in [-0.05, 0) is 49.6 Å². The molecule has 1 aromatic heterocycles. The third-order valence-electron chi connectivity index (χ3n) is 5.68. The molecule has 5 rings (SSSR count). The van der Waals surface area contributed by atoms with Crippen molar-refractivity contribution in [2.75, 3.05) is 11.9 Å². The number of rotatable bonds is 3. The van der Waals surface area contributed by atoms with Gasteiger partial charge in [0.1, 0.15) is 11.6 Å². The minimum atomic E-state index is -0.212. The lowest BCUT2D eigenvalue weighted by molar-refractivity contribution is -0.118. The average Bonchev–Trinajstić information content (AvgIpc) is 3.18. The number of carbonyl (C=O) groups is 2. The number of aromatic nitrogens is 2. The van der Waals surface area contributed by atoms with Gasteiger partial charge in [-0.15, -0.1) is 0 Å².